The normalized spacial score (nSPS) is 20.4. The number of nitrogens with zero attached hydrogens (tertiary/aromatic N) is 1. The summed E-state index contributed by atoms with van der Waals surface area (Å²) in [5.41, 5.74) is 0. The lowest BCUT2D eigenvalue weighted by atomic mass is 10.2. The molecule has 0 saturated carbocycles. The van der Waals surface area contributed by atoms with E-state index < -0.39 is 30.4 Å². The summed E-state index contributed by atoms with van der Waals surface area (Å²) in [6.45, 7) is 4.39. The summed E-state index contributed by atoms with van der Waals surface area (Å²) < 4.78 is 0. The monoisotopic (exact) mass is 287 g/mol. The van der Waals surface area contributed by atoms with E-state index in [1.165, 1.54) is 0 Å². The molecule has 1 heterocycles. The van der Waals surface area contributed by atoms with Gasteiger partial charge in [0.05, 0.1) is 6.42 Å². The molecule has 0 aromatic heterocycles. The Labute approximate surface area is 117 Å². The van der Waals surface area contributed by atoms with Gasteiger partial charge in [-0.15, -0.1) is 0 Å². The van der Waals surface area contributed by atoms with E-state index in [2.05, 4.69) is 15.5 Å². The van der Waals surface area contributed by atoms with E-state index in [4.69, 9.17) is 10.2 Å². The fraction of sp³-hybridized carbons (Fsp3) is 0.750. The second kappa shape index (κ2) is 7.68. The van der Waals surface area contributed by atoms with Gasteiger partial charge in [0.25, 0.3) is 0 Å². The van der Waals surface area contributed by atoms with Gasteiger partial charge < -0.3 is 20.8 Å². The van der Waals surface area contributed by atoms with Gasteiger partial charge in [0, 0.05) is 12.6 Å². The third-order valence-corrected chi connectivity index (χ3v) is 3.39. The van der Waals surface area contributed by atoms with Gasteiger partial charge in [-0.05, 0) is 25.9 Å². The number of hydrogen-bond acceptors (Lipinski definition) is 4. The number of amides is 2. The predicted octanol–water partition coefficient (Wildman–Crippen LogP) is -0.302. The summed E-state index contributed by atoms with van der Waals surface area (Å²) in [5, 5.41) is 22.1. The number of carboxylic acid groups (broad SMARTS) is 2. The van der Waals surface area contributed by atoms with Crippen molar-refractivity contribution in [3.63, 3.8) is 0 Å². The fourth-order valence-corrected chi connectivity index (χ4v) is 2.34. The summed E-state index contributed by atoms with van der Waals surface area (Å²) in [4.78, 5) is 35.2. The van der Waals surface area contributed by atoms with E-state index in [-0.39, 0.29) is 6.04 Å². The number of urea groups is 1. The quantitative estimate of drug-likeness (QED) is 0.510. The highest BCUT2D eigenvalue weighted by Gasteiger charge is 2.25. The predicted molar refractivity (Wildman–Crippen MR) is 70.5 cm³/mol. The number of likely N-dealkylation sites (N-methyl/N-ethyl adjacent to an activating group) is 1. The second-order valence-corrected chi connectivity index (χ2v) is 4.77. The molecule has 2 amide bonds. The van der Waals surface area contributed by atoms with Gasteiger partial charge in [-0.2, -0.15) is 0 Å². The van der Waals surface area contributed by atoms with E-state index in [9.17, 15) is 14.4 Å². The number of carboxylic acids is 2. The van der Waals surface area contributed by atoms with Crippen molar-refractivity contribution in [3.8, 4) is 0 Å². The zero-order valence-corrected chi connectivity index (χ0v) is 11.5. The van der Waals surface area contributed by atoms with Crippen molar-refractivity contribution in [2.45, 2.75) is 38.3 Å². The Morgan fingerprint density at radius 1 is 1.35 bits per heavy atom. The molecule has 8 heteroatoms. The third-order valence-electron chi connectivity index (χ3n) is 3.39. The maximum atomic E-state index is 11.6. The van der Waals surface area contributed by atoms with Crippen molar-refractivity contribution in [1.82, 2.24) is 15.5 Å². The van der Waals surface area contributed by atoms with E-state index in [1.54, 1.807) is 0 Å². The highest BCUT2D eigenvalue weighted by molar-refractivity contribution is 5.86. The van der Waals surface area contributed by atoms with Gasteiger partial charge in [0.1, 0.15) is 6.04 Å². The Hall–Kier alpha value is -1.83. The Balaban J connectivity index is 2.38. The van der Waals surface area contributed by atoms with Gasteiger partial charge in [0.15, 0.2) is 0 Å². The molecule has 0 bridgehead atoms. The maximum absolute atomic E-state index is 11.6. The van der Waals surface area contributed by atoms with Crippen molar-refractivity contribution in [1.29, 1.82) is 0 Å². The van der Waals surface area contributed by atoms with Crippen LogP contribution in [0.2, 0.25) is 0 Å². The minimum absolute atomic E-state index is 0.258. The Kier molecular flexibility index (Phi) is 6.23. The van der Waals surface area contributed by atoms with Crippen LogP contribution in [0, 0.1) is 0 Å². The first-order valence-electron chi connectivity index (χ1n) is 6.67. The second-order valence-electron chi connectivity index (χ2n) is 4.77. The van der Waals surface area contributed by atoms with Crippen LogP contribution in [0.3, 0.4) is 0 Å². The largest absolute Gasteiger partial charge is 0.481 e. The molecule has 1 fully saturated rings. The van der Waals surface area contributed by atoms with Crippen molar-refractivity contribution < 1.29 is 24.6 Å². The van der Waals surface area contributed by atoms with E-state index >= 15 is 0 Å². The van der Waals surface area contributed by atoms with Crippen molar-refractivity contribution in [3.05, 3.63) is 0 Å². The number of likely N-dealkylation sites (tertiary alicyclic amines) is 1. The van der Waals surface area contributed by atoms with Crippen LogP contribution in [0.1, 0.15) is 26.2 Å². The molecular formula is C12H21N3O5. The average molecular weight is 287 g/mol. The highest BCUT2D eigenvalue weighted by Crippen LogP contribution is 2.15. The molecule has 1 aliphatic rings. The number of hydrogen-bond donors (Lipinski definition) is 4. The summed E-state index contributed by atoms with van der Waals surface area (Å²) in [6, 6.07) is -1.81. The molecule has 0 spiro atoms. The number of nitrogens with one attached hydrogen (secondary N) is 2. The molecule has 114 valence electrons. The van der Waals surface area contributed by atoms with Gasteiger partial charge in [-0.1, -0.05) is 6.92 Å². The Morgan fingerprint density at radius 3 is 2.60 bits per heavy atom. The lowest BCUT2D eigenvalue weighted by molar-refractivity contribution is -0.145. The smallest absolute Gasteiger partial charge is 0.326 e. The summed E-state index contributed by atoms with van der Waals surface area (Å²) >= 11 is 0. The van der Waals surface area contributed by atoms with Crippen molar-refractivity contribution in [2.75, 3.05) is 19.6 Å². The summed E-state index contributed by atoms with van der Waals surface area (Å²) in [7, 11) is 0. The molecule has 1 aliphatic heterocycles. The van der Waals surface area contributed by atoms with Gasteiger partial charge >= 0.3 is 18.0 Å². The molecule has 2 atom stereocenters. The number of aliphatic carboxylic acids is 2. The molecule has 4 N–H and O–H groups in total. The van der Waals surface area contributed by atoms with Crippen LogP contribution < -0.4 is 10.6 Å². The third kappa shape index (κ3) is 5.04. The van der Waals surface area contributed by atoms with E-state index in [0.717, 1.165) is 25.9 Å². The first-order chi connectivity index (χ1) is 9.43. The van der Waals surface area contributed by atoms with Crippen LogP contribution in [0.25, 0.3) is 0 Å². The molecule has 0 aromatic carbocycles. The molecule has 1 unspecified atom stereocenters. The highest BCUT2D eigenvalue weighted by atomic mass is 16.4. The SMILES string of the molecule is CCN1CCCC1CNC(=O)N[C@@H](CC(=O)O)C(=O)O. The van der Waals surface area contributed by atoms with Crippen LogP contribution in [0.5, 0.6) is 0 Å². The first-order valence-corrected chi connectivity index (χ1v) is 6.67. The molecule has 20 heavy (non-hydrogen) atoms. The minimum atomic E-state index is -1.42. The lowest BCUT2D eigenvalue weighted by Gasteiger charge is -2.23. The van der Waals surface area contributed by atoms with Crippen LogP contribution >= 0.6 is 0 Å². The average Bonchev–Trinajstić information content (AvgIpc) is 2.82. The van der Waals surface area contributed by atoms with Crippen LogP contribution in [-0.4, -0.2) is 64.8 Å². The zero-order chi connectivity index (χ0) is 15.1. The van der Waals surface area contributed by atoms with Crippen LogP contribution in [0.15, 0.2) is 0 Å². The van der Waals surface area contributed by atoms with E-state index in [0.29, 0.717) is 6.54 Å². The topological polar surface area (TPSA) is 119 Å². The van der Waals surface area contributed by atoms with Crippen molar-refractivity contribution in [2.24, 2.45) is 0 Å². The minimum Gasteiger partial charge on any atom is -0.481 e. The Bertz CT molecular complexity index is 374. The molecule has 0 radical (unpaired) electrons. The van der Waals surface area contributed by atoms with Crippen LogP contribution in [0.4, 0.5) is 4.79 Å². The fourth-order valence-electron chi connectivity index (χ4n) is 2.34. The molecule has 0 aromatic rings. The summed E-state index contributed by atoms with van der Waals surface area (Å²) in [5.74, 6) is -2.63. The van der Waals surface area contributed by atoms with E-state index in [1.807, 2.05) is 6.92 Å². The standard InChI is InChI=1S/C12H21N3O5/c1-2-15-5-3-4-8(15)7-13-12(20)14-9(11(18)19)6-10(16)17/h8-9H,2-7H2,1H3,(H,16,17)(H,18,19)(H2,13,14,20)/t8?,9-/m0/s1. The van der Waals surface area contributed by atoms with Crippen molar-refractivity contribution >= 4 is 18.0 Å². The van der Waals surface area contributed by atoms with Crippen LogP contribution in [-0.2, 0) is 9.59 Å². The molecule has 8 nitrogen and oxygen atoms in total. The zero-order valence-electron chi connectivity index (χ0n) is 11.5. The number of carbonyl (C=O) groups excluding carboxylic acids is 1. The summed E-state index contributed by atoms with van der Waals surface area (Å²) in [6.07, 6.45) is 1.43. The van der Waals surface area contributed by atoms with Gasteiger partial charge in [0.2, 0.25) is 0 Å². The molecule has 0 aliphatic carbocycles. The van der Waals surface area contributed by atoms with Gasteiger partial charge in [-0.25, -0.2) is 9.59 Å². The van der Waals surface area contributed by atoms with Gasteiger partial charge in [-0.3, -0.25) is 9.69 Å². The molecule has 1 rings (SSSR count). The Morgan fingerprint density at radius 2 is 2.05 bits per heavy atom. The lowest BCUT2D eigenvalue weighted by Crippen LogP contribution is -2.49. The number of rotatable bonds is 7. The molecule has 1 saturated heterocycles. The first kappa shape index (κ1) is 16.2. The maximum Gasteiger partial charge on any atom is 0.326 e. The number of carbonyl (C=O) groups is 3. The molecular weight excluding hydrogens is 266 g/mol.